The SMILES string of the molecule is C=CCCC.C=CCCC.CO.O=Cc1ccco1.OCC(O)CO.OCCO.OCc1ccco1. The second kappa shape index (κ2) is 45.9. The molecule has 212 valence electrons. The summed E-state index contributed by atoms with van der Waals surface area (Å²) in [5, 5.41) is 54.6. The lowest BCUT2D eigenvalue weighted by Gasteiger charge is -1.96. The summed E-state index contributed by atoms with van der Waals surface area (Å²) in [5.74, 6) is 0.986. The molecule has 0 aliphatic heterocycles. The summed E-state index contributed by atoms with van der Waals surface area (Å²) >= 11 is 0. The summed E-state index contributed by atoms with van der Waals surface area (Å²) in [6.07, 6.45) is 11.3. The van der Waals surface area contributed by atoms with Gasteiger partial charge in [-0.05, 0) is 37.1 Å². The zero-order chi connectivity index (χ0) is 28.9. The van der Waals surface area contributed by atoms with Crippen LogP contribution in [0.15, 0.2) is 70.9 Å². The van der Waals surface area contributed by atoms with Crippen molar-refractivity contribution < 1.29 is 49.4 Å². The Balaban J connectivity index is -0.000000107. The summed E-state index contributed by atoms with van der Waals surface area (Å²) in [4.78, 5) is 9.77. The van der Waals surface area contributed by atoms with Crippen molar-refractivity contribution in [2.45, 2.75) is 52.2 Å². The highest BCUT2D eigenvalue weighted by Crippen LogP contribution is 1.96. The number of rotatable bonds is 9. The lowest BCUT2D eigenvalue weighted by molar-refractivity contribution is 0.0450. The molecule has 0 saturated heterocycles. The second-order valence-corrected chi connectivity index (χ2v) is 5.99. The van der Waals surface area contributed by atoms with Crippen molar-refractivity contribution in [3.05, 3.63) is 73.6 Å². The number of hydrogen-bond donors (Lipinski definition) is 7. The Kier molecular flexibility index (Phi) is 55.4. The molecule has 2 rings (SSSR count). The van der Waals surface area contributed by atoms with Crippen LogP contribution in [0.3, 0.4) is 0 Å². The average molecular weight is 521 g/mol. The van der Waals surface area contributed by atoms with E-state index in [2.05, 4.69) is 31.4 Å². The molecule has 0 radical (unpaired) electrons. The Morgan fingerprint density at radius 2 is 1.28 bits per heavy atom. The van der Waals surface area contributed by atoms with Crippen LogP contribution in [0.4, 0.5) is 0 Å². The smallest absolute Gasteiger partial charge is 0.185 e. The van der Waals surface area contributed by atoms with Gasteiger partial charge >= 0.3 is 0 Å². The molecule has 2 heterocycles. The van der Waals surface area contributed by atoms with Crippen LogP contribution in [-0.4, -0.2) is 81.7 Å². The van der Waals surface area contributed by atoms with Gasteiger partial charge in [0, 0.05) is 7.11 Å². The molecule has 0 unspecified atom stereocenters. The highest BCUT2D eigenvalue weighted by Gasteiger charge is 1.93. The van der Waals surface area contributed by atoms with Gasteiger partial charge in [0.05, 0.1) is 39.0 Å². The molecule has 0 aromatic carbocycles. The maximum absolute atomic E-state index is 9.77. The average Bonchev–Trinajstić information content (AvgIpc) is 3.66. The second-order valence-electron chi connectivity index (χ2n) is 5.99. The molecular formula is C26H48O10. The van der Waals surface area contributed by atoms with Gasteiger partial charge in [-0.2, -0.15) is 0 Å². The maximum Gasteiger partial charge on any atom is 0.185 e. The molecule has 2 aromatic heterocycles. The fraction of sp³-hybridized carbons (Fsp3) is 0.500. The number of aldehydes is 1. The minimum absolute atomic E-state index is 0.00694. The summed E-state index contributed by atoms with van der Waals surface area (Å²) in [7, 11) is 1.00. The predicted octanol–water partition coefficient (Wildman–Crippen LogP) is 2.72. The minimum Gasteiger partial charge on any atom is -0.467 e. The van der Waals surface area contributed by atoms with E-state index in [0.717, 1.165) is 20.0 Å². The zero-order valence-electron chi connectivity index (χ0n) is 21.9. The lowest BCUT2D eigenvalue weighted by atomic mass is 10.3. The molecule has 10 heteroatoms. The molecule has 0 atom stereocenters. The van der Waals surface area contributed by atoms with Crippen LogP contribution in [0.5, 0.6) is 0 Å². The molecule has 0 saturated carbocycles. The number of unbranched alkanes of at least 4 members (excludes halogenated alkanes) is 2. The van der Waals surface area contributed by atoms with Gasteiger partial charge in [0.15, 0.2) is 12.0 Å². The van der Waals surface area contributed by atoms with E-state index in [9.17, 15) is 4.79 Å². The first-order valence-corrected chi connectivity index (χ1v) is 11.3. The number of carbonyl (C=O) groups excluding carboxylic acids is 1. The fourth-order valence-corrected chi connectivity index (χ4v) is 1.23. The highest BCUT2D eigenvalue weighted by atomic mass is 16.4. The molecule has 10 nitrogen and oxygen atoms in total. The van der Waals surface area contributed by atoms with Gasteiger partial charge in [-0.25, -0.2) is 0 Å². The molecule has 36 heavy (non-hydrogen) atoms. The lowest BCUT2D eigenvalue weighted by Crippen LogP contribution is -2.15. The first-order valence-electron chi connectivity index (χ1n) is 11.3. The zero-order valence-corrected chi connectivity index (χ0v) is 21.9. The molecule has 0 aliphatic rings. The molecule has 0 aliphatic carbocycles. The molecule has 7 N–H and O–H groups in total. The van der Waals surface area contributed by atoms with Crippen molar-refractivity contribution in [3.63, 3.8) is 0 Å². The van der Waals surface area contributed by atoms with Gasteiger partial charge in [0.1, 0.15) is 18.5 Å². The fourth-order valence-electron chi connectivity index (χ4n) is 1.23. The Labute approximate surface area is 215 Å². The van der Waals surface area contributed by atoms with E-state index < -0.39 is 6.10 Å². The van der Waals surface area contributed by atoms with Crippen molar-refractivity contribution in [1.82, 2.24) is 0 Å². The first-order chi connectivity index (χ1) is 17.4. The van der Waals surface area contributed by atoms with Gasteiger partial charge in [-0.1, -0.05) is 38.8 Å². The Morgan fingerprint density at radius 1 is 0.833 bits per heavy atom. The van der Waals surface area contributed by atoms with Crippen LogP contribution in [0.1, 0.15) is 55.8 Å². The van der Waals surface area contributed by atoms with E-state index in [1.165, 1.54) is 25.4 Å². The summed E-state index contributed by atoms with van der Waals surface area (Å²) in [5.41, 5.74) is 0. The molecule has 0 fully saturated rings. The van der Waals surface area contributed by atoms with Crippen molar-refractivity contribution >= 4 is 6.29 Å². The normalized spacial score (nSPS) is 8.19. The van der Waals surface area contributed by atoms with Gasteiger partial charge in [-0.3, -0.25) is 4.79 Å². The maximum atomic E-state index is 9.77. The monoisotopic (exact) mass is 520 g/mol. The number of allylic oxidation sites excluding steroid dienone is 2. The van der Waals surface area contributed by atoms with E-state index in [-0.39, 0.29) is 33.0 Å². The van der Waals surface area contributed by atoms with Crippen LogP contribution < -0.4 is 0 Å². The van der Waals surface area contributed by atoms with E-state index in [4.69, 9.17) is 40.2 Å². The van der Waals surface area contributed by atoms with Crippen LogP contribution in [0, 0.1) is 0 Å². The summed E-state index contributed by atoms with van der Waals surface area (Å²) in [6, 6.07) is 6.74. The number of furan rings is 2. The standard InChI is InChI=1S/C5H6O2.C5H4O2.2C5H10.C3H8O3.C2H6O2.CH4O/c2*6-4-5-2-1-3-7-5;2*1-3-5-4-2;4-1-3(6)2-5;3-1-2-4;1-2/h1-3,6H,4H2;1-4H;2*3H,1,4-5H2,2H3;3-6H,1-2H2;3-4H,1-2H2;2H,1H3. The number of hydrogen-bond acceptors (Lipinski definition) is 10. The number of aliphatic hydroxyl groups excluding tert-OH is 7. The van der Waals surface area contributed by atoms with Crippen LogP contribution in [0.2, 0.25) is 0 Å². The van der Waals surface area contributed by atoms with Crippen molar-refractivity contribution in [2.24, 2.45) is 0 Å². The predicted molar refractivity (Wildman–Crippen MR) is 141 cm³/mol. The first kappa shape index (κ1) is 43.5. The number of carbonyl (C=O) groups is 1. The molecule has 2 aromatic rings. The highest BCUT2D eigenvalue weighted by molar-refractivity contribution is 5.69. The third-order valence-electron chi connectivity index (χ3n) is 2.90. The minimum atomic E-state index is -0.954. The molecule has 0 bridgehead atoms. The van der Waals surface area contributed by atoms with Gasteiger partial charge in [0.25, 0.3) is 0 Å². The van der Waals surface area contributed by atoms with Crippen molar-refractivity contribution in [1.29, 1.82) is 0 Å². The summed E-state index contributed by atoms with van der Waals surface area (Å²) in [6.45, 7) is 10.4. The quantitative estimate of drug-likeness (QED) is 0.191. The largest absolute Gasteiger partial charge is 0.467 e. The van der Waals surface area contributed by atoms with Gasteiger partial charge in [0.2, 0.25) is 0 Å². The third kappa shape index (κ3) is 48.8. The Hall–Kier alpha value is -2.57. The van der Waals surface area contributed by atoms with Crippen molar-refractivity contribution in [3.8, 4) is 0 Å². The third-order valence-corrected chi connectivity index (χ3v) is 2.90. The van der Waals surface area contributed by atoms with E-state index >= 15 is 0 Å². The van der Waals surface area contributed by atoms with Crippen LogP contribution >= 0.6 is 0 Å². The summed E-state index contributed by atoms with van der Waals surface area (Å²) < 4.78 is 9.35. The van der Waals surface area contributed by atoms with Gasteiger partial charge in [-0.15, -0.1) is 13.2 Å². The Bertz CT molecular complexity index is 568. The number of aliphatic hydroxyl groups is 7. The van der Waals surface area contributed by atoms with E-state index in [1.54, 1.807) is 24.3 Å². The Morgan fingerprint density at radius 3 is 1.39 bits per heavy atom. The molecule has 0 amide bonds. The van der Waals surface area contributed by atoms with E-state index in [1.807, 2.05) is 12.2 Å². The van der Waals surface area contributed by atoms with Crippen LogP contribution in [0.25, 0.3) is 0 Å². The molecule has 0 spiro atoms. The van der Waals surface area contributed by atoms with Gasteiger partial charge < -0.3 is 44.6 Å². The van der Waals surface area contributed by atoms with Crippen LogP contribution in [-0.2, 0) is 6.61 Å². The van der Waals surface area contributed by atoms with E-state index in [0.29, 0.717) is 17.8 Å². The topological polar surface area (TPSA) is 185 Å². The molecular weight excluding hydrogens is 472 g/mol. The van der Waals surface area contributed by atoms with Crippen molar-refractivity contribution in [2.75, 3.05) is 33.5 Å².